The van der Waals surface area contributed by atoms with E-state index in [1.165, 1.54) is 6.07 Å². The third-order valence-electron chi connectivity index (χ3n) is 3.72. The van der Waals surface area contributed by atoms with E-state index in [2.05, 4.69) is 5.32 Å². The molecule has 8 nitrogen and oxygen atoms in total. The van der Waals surface area contributed by atoms with Crippen molar-refractivity contribution in [1.29, 1.82) is 5.26 Å². The van der Waals surface area contributed by atoms with Crippen LogP contribution >= 0.6 is 0 Å². The van der Waals surface area contributed by atoms with E-state index in [1.807, 2.05) is 19.9 Å². The van der Waals surface area contributed by atoms with Gasteiger partial charge in [-0.25, -0.2) is 0 Å². The average molecular weight is 320 g/mol. The molecule has 1 N–H and O–H groups in total. The third kappa shape index (κ3) is 4.16. The number of aryl methyl sites for hydroxylation is 1. The number of nitrogens with one attached hydrogen (secondary N) is 1. The molecule has 0 radical (unpaired) electrons. The first kappa shape index (κ1) is 18.4. The summed E-state index contributed by atoms with van der Waals surface area (Å²) < 4.78 is 0. The summed E-state index contributed by atoms with van der Waals surface area (Å²) in [5.74, 6) is 0. The van der Waals surface area contributed by atoms with Crippen LogP contribution in [0.2, 0.25) is 0 Å². The van der Waals surface area contributed by atoms with Gasteiger partial charge >= 0.3 is 5.69 Å². The average Bonchev–Trinajstić information content (AvgIpc) is 2.49. The maximum absolute atomic E-state index is 11.5. The lowest BCUT2D eigenvalue weighted by molar-refractivity contribution is -0.392. The van der Waals surface area contributed by atoms with Crippen LogP contribution in [0.1, 0.15) is 44.2 Å². The zero-order chi connectivity index (χ0) is 17.6. The molecule has 1 atom stereocenters. The Hall–Kier alpha value is -2.69. The largest absolute Gasteiger partial charge is 0.371 e. The molecule has 0 amide bonds. The highest BCUT2D eigenvalue weighted by Crippen LogP contribution is 2.40. The molecule has 0 fully saturated rings. The summed E-state index contributed by atoms with van der Waals surface area (Å²) in [6, 6.07) is 3.08. The van der Waals surface area contributed by atoms with Crippen LogP contribution in [0.15, 0.2) is 6.07 Å². The van der Waals surface area contributed by atoms with E-state index in [-0.39, 0.29) is 35.1 Å². The Kier molecular flexibility index (Phi) is 6.45. The van der Waals surface area contributed by atoms with Crippen molar-refractivity contribution < 1.29 is 9.85 Å². The number of hydrogen-bond acceptors (Lipinski definition) is 6. The lowest BCUT2D eigenvalue weighted by Gasteiger charge is -2.18. The number of benzene rings is 1. The summed E-state index contributed by atoms with van der Waals surface area (Å²) >= 11 is 0. The van der Waals surface area contributed by atoms with E-state index in [4.69, 9.17) is 5.26 Å². The minimum atomic E-state index is -0.645. The minimum absolute atomic E-state index is 0.101. The lowest BCUT2D eigenvalue weighted by atomic mass is 9.99. The molecule has 0 saturated carbocycles. The van der Waals surface area contributed by atoms with E-state index in [1.54, 1.807) is 6.92 Å². The monoisotopic (exact) mass is 320 g/mol. The Morgan fingerprint density at radius 3 is 2.39 bits per heavy atom. The summed E-state index contributed by atoms with van der Waals surface area (Å²) in [6.07, 6.45) is 2.11. The van der Waals surface area contributed by atoms with Gasteiger partial charge in [0.2, 0.25) is 0 Å². The molecule has 1 aromatic rings. The van der Waals surface area contributed by atoms with Crippen molar-refractivity contribution >= 4 is 17.1 Å². The number of nitriles is 1. The number of nitrogens with zero attached hydrogens (tertiary/aromatic N) is 3. The Bertz CT molecular complexity index is 652. The lowest BCUT2D eigenvalue weighted by Crippen LogP contribution is -2.20. The summed E-state index contributed by atoms with van der Waals surface area (Å²) in [5, 5.41) is 34.7. The van der Waals surface area contributed by atoms with Gasteiger partial charge in [-0.1, -0.05) is 20.3 Å². The van der Waals surface area contributed by atoms with Crippen LogP contribution in [0, 0.1) is 38.5 Å². The Morgan fingerprint density at radius 1 is 1.30 bits per heavy atom. The van der Waals surface area contributed by atoms with Crippen molar-refractivity contribution in [2.75, 3.05) is 5.32 Å². The van der Waals surface area contributed by atoms with Crippen molar-refractivity contribution in [2.24, 2.45) is 0 Å². The van der Waals surface area contributed by atoms with Crippen molar-refractivity contribution in [1.82, 2.24) is 0 Å². The van der Waals surface area contributed by atoms with E-state index in [0.717, 1.165) is 12.8 Å². The second kappa shape index (κ2) is 8.08. The topological polar surface area (TPSA) is 122 Å². The van der Waals surface area contributed by atoms with Crippen molar-refractivity contribution in [3.63, 3.8) is 0 Å². The van der Waals surface area contributed by atoms with Crippen LogP contribution in [0.25, 0.3) is 0 Å². The summed E-state index contributed by atoms with van der Waals surface area (Å²) in [6.45, 7) is 5.43. The van der Waals surface area contributed by atoms with Gasteiger partial charge in [0, 0.05) is 17.7 Å². The summed E-state index contributed by atoms with van der Waals surface area (Å²) in [7, 11) is 0. The molecule has 1 rings (SSSR count). The molecule has 1 unspecified atom stereocenters. The minimum Gasteiger partial charge on any atom is -0.371 e. The SMILES string of the molecule is CCCC(CC)Nc1c([N+](=O)[O-])cc(C)c(CC#N)c1[N+](=O)[O-]. The molecular weight excluding hydrogens is 300 g/mol. The summed E-state index contributed by atoms with van der Waals surface area (Å²) in [4.78, 5) is 21.6. The highest BCUT2D eigenvalue weighted by atomic mass is 16.6. The van der Waals surface area contributed by atoms with Crippen LogP contribution in [-0.2, 0) is 6.42 Å². The Balaban J connectivity index is 3.60. The Morgan fingerprint density at radius 2 is 1.96 bits per heavy atom. The molecule has 0 aliphatic rings. The standard InChI is InChI=1S/C15H20N4O4/c1-4-6-11(5-2)17-14-13(18(20)21)9-10(3)12(7-8-16)15(14)19(22)23/h9,11,17H,4-7H2,1-3H3. The number of rotatable bonds is 8. The highest BCUT2D eigenvalue weighted by Gasteiger charge is 2.31. The zero-order valence-electron chi connectivity index (χ0n) is 13.5. The van der Waals surface area contributed by atoms with Gasteiger partial charge in [-0.15, -0.1) is 0 Å². The van der Waals surface area contributed by atoms with Gasteiger partial charge in [-0.2, -0.15) is 5.26 Å². The van der Waals surface area contributed by atoms with E-state index in [9.17, 15) is 20.2 Å². The molecule has 0 aliphatic heterocycles. The normalized spacial score (nSPS) is 11.6. The molecule has 0 heterocycles. The van der Waals surface area contributed by atoms with Crippen molar-refractivity contribution in [3.05, 3.63) is 37.4 Å². The van der Waals surface area contributed by atoms with Crippen LogP contribution < -0.4 is 5.32 Å². The first-order chi connectivity index (χ1) is 10.9. The maximum Gasteiger partial charge on any atom is 0.303 e. The molecule has 0 saturated heterocycles. The van der Waals surface area contributed by atoms with Gasteiger partial charge in [0.25, 0.3) is 5.69 Å². The first-order valence-electron chi connectivity index (χ1n) is 7.45. The molecular formula is C15H20N4O4. The fourth-order valence-corrected chi connectivity index (χ4v) is 2.54. The van der Waals surface area contributed by atoms with Gasteiger partial charge in [-0.05, 0) is 25.3 Å². The summed E-state index contributed by atoms with van der Waals surface area (Å²) in [5.41, 5.74) is -0.203. The predicted molar refractivity (Wildman–Crippen MR) is 86.4 cm³/mol. The van der Waals surface area contributed by atoms with E-state index >= 15 is 0 Å². The molecule has 0 aliphatic carbocycles. The van der Waals surface area contributed by atoms with E-state index in [0.29, 0.717) is 12.0 Å². The molecule has 8 heteroatoms. The van der Waals surface area contributed by atoms with Crippen LogP contribution in [0.3, 0.4) is 0 Å². The molecule has 23 heavy (non-hydrogen) atoms. The molecule has 1 aromatic carbocycles. The fraction of sp³-hybridized carbons (Fsp3) is 0.533. The molecule has 0 bridgehead atoms. The highest BCUT2D eigenvalue weighted by molar-refractivity contribution is 5.78. The number of nitro groups is 2. The van der Waals surface area contributed by atoms with Crippen LogP contribution in [-0.4, -0.2) is 15.9 Å². The second-order valence-corrected chi connectivity index (χ2v) is 5.30. The number of hydrogen-bond donors (Lipinski definition) is 1. The van der Waals surface area contributed by atoms with Gasteiger partial charge in [-0.3, -0.25) is 20.2 Å². The predicted octanol–water partition coefficient (Wildman–Crippen LogP) is 3.87. The number of anilines is 1. The third-order valence-corrected chi connectivity index (χ3v) is 3.72. The van der Waals surface area contributed by atoms with Gasteiger partial charge in [0.15, 0.2) is 5.69 Å². The molecule has 0 aromatic heterocycles. The van der Waals surface area contributed by atoms with Gasteiger partial charge in [0.1, 0.15) is 0 Å². The van der Waals surface area contributed by atoms with Gasteiger partial charge in [0.05, 0.1) is 22.3 Å². The maximum atomic E-state index is 11.5. The molecule has 124 valence electrons. The fourth-order valence-electron chi connectivity index (χ4n) is 2.54. The van der Waals surface area contributed by atoms with Crippen molar-refractivity contribution in [3.8, 4) is 6.07 Å². The smallest absolute Gasteiger partial charge is 0.303 e. The van der Waals surface area contributed by atoms with Gasteiger partial charge < -0.3 is 5.32 Å². The first-order valence-corrected chi connectivity index (χ1v) is 7.45. The second-order valence-electron chi connectivity index (χ2n) is 5.30. The Labute approximate surface area is 134 Å². The molecule has 0 spiro atoms. The van der Waals surface area contributed by atoms with Crippen LogP contribution in [0.4, 0.5) is 17.1 Å². The van der Waals surface area contributed by atoms with E-state index < -0.39 is 9.85 Å². The number of nitro benzene ring substituents is 2. The zero-order valence-corrected chi connectivity index (χ0v) is 13.5. The van der Waals surface area contributed by atoms with Crippen molar-refractivity contribution in [2.45, 2.75) is 52.5 Å². The quantitative estimate of drug-likeness (QED) is 0.573. The van der Waals surface area contributed by atoms with Crippen LogP contribution in [0.5, 0.6) is 0 Å².